The molecule has 5 aromatic rings. The molecule has 0 saturated heterocycles. The number of pyridine rings is 1. The van der Waals surface area contributed by atoms with Gasteiger partial charge in [-0.2, -0.15) is 4.98 Å². The van der Waals surface area contributed by atoms with Crippen LogP contribution in [0.2, 0.25) is 0 Å². The minimum atomic E-state index is -0.277. The van der Waals surface area contributed by atoms with E-state index >= 15 is 0 Å². The summed E-state index contributed by atoms with van der Waals surface area (Å²) in [5, 5.41) is 11.7. The summed E-state index contributed by atoms with van der Waals surface area (Å²) in [5.41, 5.74) is 9.37. The van der Waals surface area contributed by atoms with Gasteiger partial charge < -0.3 is 20.8 Å². The third-order valence-corrected chi connectivity index (χ3v) is 5.94. The molecule has 0 fully saturated rings. The van der Waals surface area contributed by atoms with Crippen LogP contribution in [-0.4, -0.2) is 37.4 Å². The van der Waals surface area contributed by atoms with Gasteiger partial charge in [0.05, 0.1) is 17.0 Å². The Kier molecular flexibility index (Phi) is 5.46. The fourth-order valence-corrected chi connectivity index (χ4v) is 4.34. The van der Waals surface area contributed by atoms with Crippen molar-refractivity contribution in [3.05, 3.63) is 64.3 Å². The summed E-state index contributed by atoms with van der Waals surface area (Å²) in [5.74, 6) is -0.0233. The summed E-state index contributed by atoms with van der Waals surface area (Å²) >= 11 is 1.29. The van der Waals surface area contributed by atoms with Crippen LogP contribution in [-0.2, 0) is 6.54 Å². The maximum absolute atomic E-state index is 12.8. The Bertz CT molecular complexity index is 1500. The number of para-hydroxylation sites is 2. The van der Waals surface area contributed by atoms with E-state index in [1.54, 1.807) is 18.3 Å². The average molecular weight is 476 g/mol. The fraction of sp³-hybridized carbons (Fsp3) is 0.174. The Balaban J connectivity index is 1.38. The second kappa shape index (κ2) is 8.60. The Morgan fingerprint density at radius 2 is 1.97 bits per heavy atom. The zero-order valence-electron chi connectivity index (χ0n) is 18.4. The molecular weight excluding hydrogens is 454 g/mol. The van der Waals surface area contributed by atoms with Crippen LogP contribution in [0.5, 0.6) is 0 Å². The third-order valence-electron chi connectivity index (χ3n) is 5.01. The molecule has 2 amide bonds. The van der Waals surface area contributed by atoms with E-state index in [2.05, 4.69) is 25.7 Å². The highest BCUT2D eigenvalue weighted by Gasteiger charge is 2.18. The third kappa shape index (κ3) is 4.20. The Hall–Kier alpha value is -4.25. The first-order chi connectivity index (χ1) is 16.4. The molecule has 4 heterocycles. The molecule has 5 rings (SSSR count). The zero-order valence-corrected chi connectivity index (χ0v) is 19.2. The number of thiophene rings is 1. The molecule has 0 aliphatic carbocycles. The molecule has 172 valence electrons. The number of oxazole rings is 1. The summed E-state index contributed by atoms with van der Waals surface area (Å²) in [6.07, 6.45) is 1.73. The van der Waals surface area contributed by atoms with E-state index in [1.807, 2.05) is 43.5 Å². The van der Waals surface area contributed by atoms with Crippen molar-refractivity contribution in [3.8, 4) is 11.1 Å². The first kappa shape index (κ1) is 21.6. The fourth-order valence-electron chi connectivity index (χ4n) is 3.51. The van der Waals surface area contributed by atoms with Crippen LogP contribution in [0, 0.1) is 0 Å². The van der Waals surface area contributed by atoms with Crippen molar-refractivity contribution >= 4 is 45.8 Å². The first-order valence-corrected chi connectivity index (χ1v) is 11.4. The number of benzene rings is 1. The van der Waals surface area contributed by atoms with Crippen LogP contribution in [0.4, 0.5) is 5.95 Å². The number of hydrogen-bond donors (Lipinski definition) is 3. The van der Waals surface area contributed by atoms with Crippen LogP contribution in [0.3, 0.4) is 0 Å². The second-order valence-electron chi connectivity index (χ2n) is 7.97. The number of carbonyl (C=O) groups is 2. The van der Waals surface area contributed by atoms with Crippen LogP contribution in [0.1, 0.15) is 39.8 Å². The van der Waals surface area contributed by atoms with E-state index in [0.717, 1.165) is 11.1 Å². The lowest BCUT2D eigenvalue weighted by Crippen LogP contribution is -2.30. The number of anilines is 1. The van der Waals surface area contributed by atoms with Gasteiger partial charge in [0.1, 0.15) is 5.52 Å². The predicted molar refractivity (Wildman–Crippen MR) is 128 cm³/mol. The van der Waals surface area contributed by atoms with Crippen molar-refractivity contribution < 1.29 is 14.0 Å². The van der Waals surface area contributed by atoms with Crippen molar-refractivity contribution in [1.82, 2.24) is 30.2 Å². The van der Waals surface area contributed by atoms with Crippen LogP contribution in [0.25, 0.3) is 27.9 Å². The van der Waals surface area contributed by atoms with Crippen molar-refractivity contribution in [2.75, 3.05) is 5.73 Å². The molecule has 0 atom stereocenters. The molecule has 0 spiro atoms. The number of rotatable bonds is 6. The molecule has 4 aromatic heterocycles. The van der Waals surface area contributed by atoms with Gasteiger partial charge in [-0.15, -0.1) is 16.4 Å². The van der Waals surface area contributed by atoms with Crippen molar-refractivity contribution in [1.29, 1.82) is 0 Å². The minimum Gasteiger partial charge on any atom is -0.439 e. The molecule has 34 heavy (non-hydrogen) atoms. The van der Waals surface area contributed by atoms with E-state index in [0.29, 0.717) is 33.1 Å². The molecule has 1 aromatic carbocycles. The quantitative estimate of drug-likeness (QED) is 0.342. The first-order valence-electron chi connectivity index (χ1n) is 10.6. The molecule has 0 unspecified atom stereocenters. The van der Waals surface area contributed by atoms with Gasteiger partial charge >= 0.3 is 0 Å². The number of nitrogens with two attached hydrogens (primary N) is 1. The molecule has 0 saturated carbocycles. The van der Waals surface area contributed by atoms with Crippen LogP contribution >= 0.6 is 11.3 Å². The van der Waals surface area contributed by atoms with Crippen LogP contribution in [0.15, 0.2) is 52.4 Å². The molecule has 0 bridgehead atoms. The van der Waals surface area contributed by atoms with E-state index < -0.39 is 0 Å². The summed E-state index contributed by atoms with van der Waals surface area (Å²) in [6, 6.07) is 10.9. The van der Waals surface area contributed by atoms with E-state index in [9.17, 15) is 9.59 Å². The summed E-state index contributed by atoms with van der Waals surface area (Å²) in [6.45, 7) is 3.92. The number of hydrogen-bond acceptors (Lipinski definition) is 8. The molecule has 10 nitrogen and oxygen atoms in total. The standard InChI is InChI=1S/C23H21N7O3S/c1-12(2)26-21(31)15-7-13(10-30-20(15)28-23(24)29-30)14-8-18(34-11-14)22(32)25-9-19-27-16-5-3-4-6-17(16)33-19/h3-8,10-12H,9H2,1-2H3,(H2,24,29)(H,25,32)(H,26,31). The molecule has 4 N–H and O–H groups in total. The SMILES string of the molecule is CC(C)NC(=O)c1cc(-c2csc(C(=O)NCc3nc4ccccc4o3)c2)cn2nc(N)nc12. The maximum Gasteiger partial charge on any atom is 0.261 e. The number of aromatic nitrogens is 4. The van der Waals surface area contributed by atoms with Gasteiger partial charge in [-0.05, 0) is 49.1 Å². The molecule has 0 aliphatic rings. The van der Waals surface area contributed by atoms with E-state index in [1.165, 1.54) is 15.9 Å². The Morgan fingerprint density at radius 1 is 1.15 bits per heavy atom. The highest BCUT2D eigenvalue weighted by Crippen LogP contribution is 2.28. The lowest BCUT2D eigenvalue weighted by Gasteiger charge is -2.10. The Morgan fingerprint density at radius 3 is 2.76 bits per heavy atom. The summed E-state index contributed by atoms with van der Waals surface area (Å²) < 4.78 is 7.13. The lowest BCUT2D eigenvalue weighted by molar-refractivity contribution is 0.0938. The molecular formula is C23H21N7O3S. The average Bonchev–Trinajstić information content (AvgIpc) is 3.52. The number of amides is 2. The number of nitrogen functional groups attached to an aromatic ring is 1. The largest absolute Gasteiger partial charge is 0.439 e. The number of nitrogens with one attached hydrogen (secondary N) is 2. The number of fused-ring (bicyclic) bond motifs is 2. The van der Waals surface area contributed by atoms with Gasteiger partial charge in [-0.1, -0.05) is 12.1 Å². The van der Waals surface area contributed by atoms with Gasteiger partial charge in [-0.3, -0.25) is 9.59 Å². The van der Waals surface area contributed by atoms with E-state index in [4.69, 9.17) is 10.2 Å². The lowest BCUT2D eigenvalue weighted by atomic mass is 10.1. The molecule has 0 radical (unpaired) electrons. The zero-order chi connectivity index (χ0) is 23.8. The van der Waals surface area contributed by atoms with Gasteiger partial charge in [0, 0.05) is 17.8 Å². The smallest absolute Gasteiger partial charge is 0.261 e. The summed E-state index contributed by atoms with van der Waals surface area (Å²) in [4.78, 5) is 34.5. The predicted octanol–water partition coefficient (Wildman–Crippen LogP) is 3.25. The molecule has 11 heteroatoms. The number of carbonyl (C=O) groups excluding carboxylic acids is 2. The van der Waals surface area contributed by atoms with Gasteiger partial charge in [0.2, 0.25) is 11.8 Å². The van der Waals surface area contributed by atoms with Gasteiger partial charge in [0.25, 0.3) is 11.8 Å². The Labute approximate surface area is 197 Å². The highest BCUT2D eigenvalue weighted by atomic mass is 32.1. The van der Waals surface area contributed by atoms with Crippen molar-refractivity contribution in [2.45, 2.75) is 26.4 Å². The van der Waals surface area contributed by atoms with Crippen molar-refractivity contribution in [3.63, 3.8) is 0 Å². The van der Waals surface area contributed by atoms with Crippen LogP contribution < -0.4 is 16.4 Å². The minimum absolute atomic E-state index is 0.0471. The molecule has 0 aliphatic heterocycles. The maximum atomic E-state index is 12.8. The monoisotopic (exact) mass is 475 g/mol. The summed E-state index contributed by atoms with van der Waals surface area (Å²) in [7, 11) is 0. The van der Waals surface area contributed by atoms with Gasteiger partial charge in [-0.25, -0.2) is 9.50 Å². The number of nitrogens with zero attached hydrogens (tertiary/aromatic N) is 4. The normalized spacial score (nSPS) is 11.4. The second-order valence-corrected chi connectivity index (χ2v) is 8.88. The van der Waals surface area contributed by atoms with E-state index in [-0.39, 0.29) is 30.3 Å². The highest BCUT2D eigenvalue weighted by molar-refractivity contribution is 7.12. The van der Waals surface area contributed by atoms with Crippen molar-refractivity contribution in [2.24, 2.45) is 0 Å². The topological polar surface area (TPSA) is 140 Å². The van der Waals surface area contributed by atoms with Gasteiger partial charge in [0.15, 0.2) is 11.2 Å².